The average molecular weight is 393 g/mol. The number of nitriles is 1. The minimum absolute atomic E-state index is 0.434. The molecule has 3 rings (SSSR count). The number of esters is 1. The van der Waals surface area contributed by atoms with Gasteiger partial charge in [0.15, 0.2) is 5.11 Å². The maximum atomic E-state index is 12.6. The number of nitrogens with one attached hydrogen (secondary N) is 1. The molecule has 0 aliphatic carbocycles. The van der Waals surface area contributed by atoms with Crippen molar-refractivity contribution < 1.29 is 14.3 Å². The molecule has 0 aromatic heterocycles. The van der Waals surface area contributed by atoms with Gasteiger partial charge in [0.1, 0.15) is 5.75 Å². The summed E-state index contributed by atoms with van der Waals surface area (Å²) in [5.41, 5.74) is 3.15. The smallest absolute Gasteiger partial charge is 0.337 e. The molecule has 1 aliphatic heterocycles. The van der Waals surface area contributed by atoms with Crippen LogP contribution >= 0.6 is 12.2 Å². The molecular weight excluding hydrogens is 374 g/mol. The number of ether oxygens (including phenoxy) is 2. The molecule has 0 radical (unpaired) electrons. The number of methoxy groups -OCH3 is 2. The maximum absolute atomic E-state index is 12.6. The lowest BCUT2D eigenvalue weighted by Crippen LogP contribution is -2.48. The van der Waals surface area contributed by atoms with E-state index in [0.29, 0.717) is 27.7 Å². The number of hydrogen-bond donors (Lipinski definition) is 1. The largest absolute Gasteiger partial charge is 0.495 e. The number of thiocarbonyl (C=S) groups is 1. The van der Waals surface area contributed by atoms with Crippen LogP contribution in [-0.2, 0) is 9.53 Å². The van der Waals surface area contributed by atoms with Crippen molar-refractivity contribution in [1.29, 1.82) is 5.26 Å². The number of carbonyl (C=O) groups excluding carboxylic acids is 1. The molecule has 0 saturated heterocycles. The normalized spacial score (nSPS) is 16.3. The van der Waals surface area contributed by atoms with E-state index in [1.54, 1.807) is 36.3 Å². The molecule has 0 saturated carbocycles. The van der Waals surface area contributed by atoms with Crippen LogP contribution in [0.25, 0.3) is 0 Å². The number of nitrogens with zero attached hydrogens (tertiary/aromatic N) is 2. The van der Waals surface area contributed by atoms with Crippen molar-refractivity contribution in [3.8, 4) is 11.8 Å². The third kappa shape index (κ3) is 3.42. The number of rotatable bonds is 4. The van der Waals surface area contributed by atoms with Gasteiger partial charge in [-0.05, 0) is 49.0 Å². The molecule has 1 aliphatic rings. The van der Waals surface area contributed by atoms with Crippen LogP contribution in [-0.4, -0.2) is 25.3 Å². The topological polar surface area (TPSA) is 74.6 Å². The fourth-order valence-electron chi connectivity index (χ4n) is 3.22. The zero-order chi connectivity index (χ0) is 20.3. The van der Waals surface area contributed by atoms with E-state index in [0.717, 1.165) is 11.3 Å². The number of hydrogen-bond acceptors (Lipinski definition) is 5. The van der Waals surface area contributed by atoms with Crippen LogP contribution in [0.4, 0.5) is 5.69 Å². The first-order valence-electron chi connectivity index (χ1n) is 8.54. The first-order valence-corrected chi connectivity index (χ1v) is 8.95. The highest BCUT2D eigenvalue weighted by molar-refractivity contribution is 7.80. The predicted molar refractivity (Wildman–Crippen MR) is 110 cm³/mol. The van der Waals surface area contributed by atoms with Crippen molar-refractivity contribution in [2.24, 2.45) is 0 Å². The summed E-state index contributed by atoms with van der Waals surface area (Å²) in [5.74, 6) is 0.175. The van der Waals surface area contributed by atoms with Crippen LogP contribution in [0.3, 0.4) is 0 Å². The van der Waals surface area contributed by atoms with Crippen LogP contribution in [0.5, 0.6) is 5.75 Å². The van der Waals surface area contributed by atoms with Gasteiger partial charge in [-0.15, -0.1) is 0 Å². The summed E-state index contributed by atoms with van der Waals surface area (Å²) in [5, 5.41) is 12.7. The predicted octanol–water partition coefficient (Wildman–Crippen LogP) is 3.45. The third-order valence-corrected chi connectivity index (χ3v) is 4.89. The zero-order valence-electron chi connectivity index (χ0n) is 15.7. The molecule has 0 fully saturated rings. The molecule has 2 aromatic carbocycles. The van der Waals surface area contributed by atoms with Crippen LogP contribution in [0.2, 0.25) is 0 Å². The third-order valence-electron chi connectivity index (χ3n) is 4.59. The molecule has 7 heteroatoms. The minimum atomic E-state index is -0.487. The molecule has 1 N–H and O–H groups in total. The fraction of sp³-hybridized carbons (Fsp3) is 0.190. The lowest BCUT2D eigenvalue weighted by molar-refractivity contribution is -0.136. The summed E-state index contributed by atoms with van der Waals surface area (Å²) >= 11 is 5.62. The average Bonchev–Trinajstić information content (AvgIpc) is 2.73. The van der Waals surface area contributed by atoms with Gasteiger partial charge in [-0.25, -0.2) is 4.79 Å². The van der Waals surface area contributed by atoms with Crippen molar-refractivity contribution in [3.05, 3.63) is 70.9 Å². The van der Waals surface area contributed by atoms with Gasteiger partial charge in [0.05, 0.1) is 43.2 Å². The quantitative estimate of drug-likeness (QED) is 0.630. The van der Waals surface area contributed by atoms with E-state index in [-0.39, 0.29) is 0 Å². The Bertz CT molecular complexity index is 993. The summed E-state index contributed by atoms with van der Waals surface area (Å²) in [4.78, 5) is 14.4. The Morgan fingerprint density at radius 3 is 2.46 bits per heavy atom. The molecule has 6 nitrogen and oxygen atoms in total. The van der Waals surface area contributed by atoms with E-state index in [9.17, 15) is 4.79 Å². The molecule has 0 amide bonds. The molecule has 28 heavy (non-hydrogen) atoms. The number of carbonyl (C=O) groups is 1. The maximum Gasteiger partial charge on any atom is 0.337 e. The Hall–Kier alpha value is -3.37. The fourth-order valence-corrected chi connectivity index (χ4v) is 3.58. The molecule has 0 spiro atoms. The van der Waals surface area contributed by atoms with E-state index in [1.807, 2.05) is 31.2 Å². The molecule has 0 unspecified atom stereocenters. The highest BCUT2D eigenvalue weighted by atomic mass is 32.1. The highest BCUT2D eigenvalue weighted by Crippen LogP contribution is 2.37. The van der Waals surface area contributed by atoms with E-state index >= 15 is 0 Å². The number of benzene rings is 2. The Morgan fingerprint density at radius 2 is 1.86 bits per heavy atom. The van der Waals surface area contributed by atoms with Crippen molar-refractivity contribution in [1.82, 2.24) is 5.32 Å². The van der Waals surface area contributed by atoms with Gasteiger partial charge in [-0.2, -0.15) is 5.26 Å². The molecule has 0 bridgehead atoms. The summed E-state index contributed by atoms with van der Waals surface area (Å²) in [6.45, 7) is 1.82. The summed E-state index contributed by atoms with van der Waals surface area (Å²) in [7, 11) is 2.93. The Labute approximate surface area is 169 Å². The minimum Gasteiger partial charge on any atom is -0.495 e. The molecule has 2 aromatic rings. The van der Waals surface area contributed by atoms with Gasteiger partial charge in [0.25, 0.3) is 0 Å². The van der Waals surface area contributed by atoms with Crippen molar-refractivity contribution >= 4 is 29.0 Å². The molecule has 1 heterocycles. The zero-order valence-corrected chi connectivity index (χ0v) is 16.5. The van der Waals surface area contributed by atoms with Crippen LogP contribution < -0.4 is 15.0 Å². The van der Waals surface area contributed by atoms with Crippen molar-refractivity contribution in [3.63, 3.8) is 0 Å². The first kappa shape index (κ1) is 19.4. The standard InChI is InChI=1S/C21H19N3O3S/c1-13-18(20(25)27-3)19(15-10-8-14(12-22)9-11-15)23-21(28)24(13)16-6-4-5-7-17(16)26-2/h4-11,19H,1-3H3,(H,23,28)/t19-/m1/s1. The van der Waals surface area contributed by atoms with E-state index < -0.39 is 12.0 Å². The van der Waals surface area contributed by atoms with Crippen LogP contribution in [0.1, 0.15) is 24.1 Å². The molecule has 1 atom stereocenters. The number of para-hydroxylation sites is 2. The highest BCUT2D eigenvalue weighted by Gasteiger charge is 2.36. The molecular formula is C21H19N3O3S. The van der Waals surface area contributed by atoms with E-state index in [2.05, 4.69) is 11.4 Å². The Morgan fingerprint density at radius 1 is 1.18 bits per heavy atom. The van der Waals surface area contributed by atoms with Crippen LogP contribution in [0, 0.1) is 11.3 Å². The van der Waals surface area contributed by atoms with Crippen molar-refractivity contribution in [2.45, 2.75) is 13.0 Å². The second-order valence-electron chi connectivity index (χ2n) is 6.11. The monoisotopic (exact) mass is 393 g/mol. The SMILES string of the molecule is COC(=O)C1=C(C)N(c2ccccc2OC)C(=S)N[C@@H]1c1ccc(C#N)cc1. The van der Waals surface area contributed by atoms with Gasteiger partial charge in [0.2, 0.25) is 0 Å². The second kappa shape index (κ2) is 8.11. The Kier molecular flexibility index (Phi) is 5.62. The summed E-state index contributed by atoms with van der Waals surface area (Å²) in [6.07, 6.45) is 0. The van der Waals surface area contributed by atoms with E-state index in [4.69, 9.17) is 27.0 Å². The van der Waals surface area contributed by atoms with Gasteiger partial charge >= 0.3 is 5.97 Å². The van der Waals surface area contributed by atoms with E-state index in [1.165, 1.54) is 7.11 Å². The number of anilines is 1. The van der Waals surface area contributed by atoms with Gasteiger partial charge in [-0.1, -0.05) is 24.3 Å². The van der Waals surface area contributed by atoms with Gasteiger partial charge < -0.3 is 14.8 Å². The second-order valence-corrected chi connectivity index (χ2v) is 6.50. The van der Waals surface area contributed by atoms with Gasteiger partial charge in [0, 0.05) is 5.70 Å². The Balaban J connectivity index is 2.15. The van der Waals surface area contributed by atoms with Crippen LogP contribution in [0.15, 0.2) is 59.8 Å². The van der Waals surface area contributed by atoms with Gasteiger partial charge in [-0.3, -0.25) is 4.90 Å². The van der Waals surface area contributed by atoms with Crippen molar-refractivity contribution in [2.75, 3.05) is 19.1 Å². The first-order chi connectivity index (χ1) is 13.5. The lowest BCUT2D eigenvalue weighted by atomic mass is 9.94. The lowest BCUT2D eigenvalue weighted by Gasteiger charge is -2.37. The number of allylic oxidation sites excluding steroid dienone is 1. The summed E-state index contributed by atoms with van der Waals surface area (Å²) in [6, 6.07) is 16.0. The summed E-state index contributed by atoms with van der Waals surface area (Å²) < 4.78 is 10.5. The molecule has 142 valence electrons.